The molecule has 158 valence electrons. The van der Waals surface area contributed by atoms with Crippen molar-refractivity contribution in [3.05, 3.63) is 29.3 Å². The summed E-state index contributed by atoms with van der Waals surface area (Å²) in [6.07, 6.45) is 4.90. The summed E-state index contributed by atoms with van der Waals surface area (Å²) in [4.78, 5) is 14.8. The summed E-state index contributed by atoms with van der Waals surface area (Å²) in [6, 6.07) is 7.64. The van der Waals surface area contributed by atoms with Crippen LogP contribution in [0.2, 0.25) is 5.02 Å². The van der Waals surface area contributed by atoms with Crippen molar-refractivity contribution in [1.82, 2.24) is 10.2 Å². The second-order valence-electron chi connectivity index (χ2n) is 7.81. The van der Waals surface area contributed by atoms with Gasteiger partial charge < -0.3 is 14.8 Å². The number of hydrogen-bond acceptors (Lipinski definition) is 5. The van der Waals surface area contributed by atoms with Gasteiger partial charge in [-0.15, -0.1) is 24.8 Å². The highest BCUT2D eigenvalue weighted by molar-refractivity contribution is 6.32. The molecule has 0 aliphatic carbocycles. The molecule has 3 aliphatic heterocycles. The molecule has 3 heterocycles. The third kappa shape index (κ3) is 5.25. The number of esters is 1. The third-order valence-corrected chi connectivity index (χ3v) is 6.32. The molecular weight excluding hydrogens is 423 g/mol. The molecule has 0 aromatic heterocycles. The Hall–Kier alpha value is -0.720. The van der Waals surface area contributed by atoms with Gasteiger partial charge in [-0.3, -0.25) is 9.69 Å². The van der Waals surface area contributed by atoms with Crippen LogP contribution in [0.25, 0.3) is 0 Å². The van der Waals surface area contributed by atoms with Gasteiger partial charge in [0.05, 0.1) is 10.4 Å². The van der Waals surface area contributed by atoms with E-state index in [4.69, 9.17) is 21.1 Å². The minimum Gasteiger partial charge on any atom is -0.489 e. The van der Waals surface area contributed by atoms with Gasteiger partial charge in [0.1, 0.15) is 18.0 Å². The molecule has 8 heteroatoms. The predicted molar refractivity (Wildman–Crippen MR) is 115 cm³/mol. The van der Waals surface area contributed by atoms with Crippen molar-refractivity contribution in [3.8, 4) is 5.75 Å². The Bertz CT molecular complexity index is 647. The van der Waals surface area contributed by atoms with Crippen molar-refractivity contribution < 1.29 is 14.3 Å². The Morgan fingerprint density at radius 1 is 1.18 bits per heavy atom. The minimum atomic E-state index is -0.221. The number of likely N-dealkylation sites (tertiary alicyclic amines) is 1. The number of piperidine rings is 2. The maximum atomic E-state index is 12.4. The fourth-order valence-corrected chi connectivity index (χ4v) is 4.65. The van der Waals surface area contributed by atoms with Gasteiger partial charge in [-0.1, -0.05) is 23.7 Å². The highest BCUT2D eigenvalue weighted by Gasteiger charge is 2.49. The van der Waals surface area contributed by atoms with Crippen LogP contribution >= 0.6 is 36.4 Å². The normalized spacial score (nSPS) is 24.9. The van der Waals surface area contributed by atoms with Gasteiger partial charge in [0.2, 0.25) is 0 Å². The highest BCUT2D eigenvalue weighted by atomic mass is 35.5. The van der Waals surface area contributed by atoms with Crippen LogP contribution in [-0.2, 0) is 9.53 Å². The van der Waals surface area contributed by atoms with E-state index in [2.05, 4.69) is 10.2 Å². The van der Waals surface area contributed by atoms with E-state index < -0.39 is 0 Å². The van der Waals surface area contributed by atoms with E-state index in [0.717, 1.165) is 70.6 Å². The van der Waals surface area contributed by atoms with Crippen LogP contribution < -0.4 is 10.1 Å². The molecule has 0 amide bonds. The van der Waals surface area contributed by atoms with Gasteiger partial charge in [0, 0.05) is 26.1 Å². The standard InChI is InChI=1S/C20H27ClN2O3.2ClH/c21-17-3-1-2-4-18(17)25-15-5-11-23(12-6-15)14-16-13-20(19(24)26-16)7-9-22-10-8-20;;/h1-4,15-16,22H,5-14H2;2*1H. The van der Waals surface area contributed by atoms with Gasteiger partial charge in [-0.2, -0.15) is 0 Å². The Morgan fingerprint density at radius 2 is 1.86 bits per heavy atom. The molecule has 5 nitrogen and oxygen atoms in total. The number of carbonyl (C=O) groups excluding carboxylic acids is 1. The summed E-state index contributed by atoms with van der Waals surface area (Å²) in [5, 5.41) is 4.01. The van der Waals surface area contributed by atoms with E-state index in [-0.39, 0.29) is 48.4 Å². The maximum Gasteiger partial charge on any atom is 0.312 e. The van der Waals surface area contributed by atoms with E-state index in [1.807, 2.05) is 24.3 Å². The number of ether oxygens (including phenoxy) is 2. The number of nitrogens with one attached hydrogen (secondary N) is 1. The van der Waals surface area contributed by atoms with Crippen molar-refractivity contribution in [1.29, 1.82) is 0 Å². The molecule has 3 fully saturated rings. The van der Waals surface area contributed by atoms with Crippen LogP contribution in [-0.4, -0.2) is 55.8 Å². The van der Waals surface area contributed by atoms with E-state index in [1.165, 1.54) is 0 Å². The number of para-hydroxylation sites is 1. The Labute approximate surface area is 184 Å². The molecule has 1 aromatic rings. The number of carbonyl (C=O) groups is 1. The van der Waals surface area contributed by atoms with Gasteiger partial charge in [0.15, 0.2) is 0 Å². The average Bonchev–Trinajstić information content (AvgIpc) is 2.94. The molecule has 1 unspecified atom stereocenters. The lowest BCUT2D eigenvalue weighted by atomic mass is 9.76. The number of rotatable bonds is 4. The first-order valence-electron chi connectivity index (χ1n) is 9.70. The third-order valence-electron chi connectivity index (χ3n) is 6.01. The first-order valence-corrected chi connectivity index (χ1v) is 10.1. The zero-order chi connectivity index (χ0) is 18.0. The van der Waals surface area contributed by atoms with Crippen LogP contribution in [0.15, 0.2) is 24.3 Å². The Balaban J connectivity index is 0.00000140. The van der Waals surface area contributed by atoms with Gasteiger partial charge >= 0.3 is 5.97 Å². The van der Waals surface area contributed by atoms with E-state index in [9.17, 15) is 4.79 Å². The summed E-state index contributed by atoms with van der Waals surface area (Å²) in [7, 11) is 0. The van der Waals surface area contributed by atoms with Gasteiger partial charge in [-0.05, 0) is 50.9 Å². The molecule has 1 atom stereocenters. The summed E-state index contributed by atoms with van der Waals surface area (Å²) in [5.74, 6) is 0.797. The molecule has 0 saturated carbocycles. The molecule has 0 bridgehead atoms. The molecule has 0 radical (unpaired) electrons. The lowest BCUT2D eigenvalue weighted by Crippen LogP contribution is -2.42. The molecule has 1 spiro atoms. The zero-order valence-corrected chi connectivity index (χ0v) is 18.3. The Morgan fingerprint density at radius 3 is 2.54 bits per heavy atom. The van der Waals surface area contributed by atoms with E-state index in [0.29, 0.717) is 5.02 Å². The molecule has 4 rings (SSSR count). The van der Waals surface area contributed by atoms with Crippen LogP contribution in [0.5, 0.6) is 5.75 Å². The topological polar surface area (TPSA) is 50.8 Å². The number of nitrogens with zero attached hydrogens (tertiary/aromatic N) is 1. The van der Waals surface area contributed by atoms with Crippen LogP contribution in [0.4, 0.5) is 0 Å². The molecule has 3 saturated heterocycles. The number of halogens is 3. The highest BCUT2D eigenvalue weighted by Crippen LogP contribution is 2.41. The molecule has 3 aliphatic rings. The largest absolute Gasteiger partial charge is 0.489 e. The van der Waals surface area contributed by atoms with Crippen LogP contribution in [0.1, 0.15) is 32.1 Å². The van der Waals surface area contributed by atoms with Crippen molar-refractivity contribution in [3.63, 3.8) is 0 Å². The van der Waals surface area contributed by atoms with Gasteiger partial charge in [-0.25, -0.2) is 0 Å². The predicted octanol–water partition coefficient (Wildman–Crippen LogP) is 3.71. The first kappa shape index (κ1) is 23.6. The SMILES string of the molecule is Cl.Cl.O=C1OC(CN2CCC(Oc3ccccc3Cl)CC2)CC12CCNCC2. The summed E-state index contributed by atoms with van der Waals surface area (Å²) in [6.45, 7) is 4.63. The fourth-order valence-electron chi connectivity index (χ4n) is 4.47. The second kappa shape index (κ2) is 10.4. The van der Waals surface area contributed by atoms with Gasteiger partial charge in [0.25, 0.3) is 0 Å². The minimum absolute atomic E-state index is 0. The van der Waals surface area contributed by atoms with Crippen molar-refractivity contribution >= 4 is 42.4 Å². The monoisotopic (exact) mass is 450 g/mol. The summed E-state index contributed by atoms with van der Waals surface area (Å²) >= 11 is 6.18. The number of hydrogen-bond donors (Lipinski definition) is 1. The zero-order valence-electron chi connectivity index (χ0n) is 15.9. The quantitative estimate of drug-likeness (QED) is 0.707. The second-order valence-corrected chi connectivity index (χ2v) is 8.22. The number of cyclic esters (lactones) is 1. The lowest BCUT2D eigenvalue weighted by Gasteiger charge is -2.33. The molecule has 1 N–H and O–H groups in total. The molecule has 28 heavy (non-hydrogen) atoms. The molecular formula is C20H29Cl3N2O3. The lowest BCUT2D eigenvalue weighted by molar-refractivity contribution is -0.150. The smallest absolute Gasteiger partial charge is 0.312 e. The first-order chi connectivity index (χ1) is 12.6. The summed E-state index contributed by atoms with van der Waals surface area (Å²) < 4.78 is 11.8. The fraction of sp³-hybridized carbons (Fsp3) is 0.650. The number of benzene rings is 1. The van der Waals surface area contributed by atoms with Crippen molar-refractivity contribution in [2.24, 2.45) is 5.41 Å². The average molecular weight is 452 g/mol. The van der Waals surface area contributed by atoms with E-state index in [1.54, 1.807) is 0 Å². The Kier molecular flexibility index (Phi) is 8.71. The van der Waals surface area contributed by atoms with Crippen molar-refractivity contribution in [2.75, 3.05) is 32.7 Å². The maximum absolute atomic E-state index is 12.4. The summed E-state index contributed by atoms with van der Waals surface area (Å²) in [5.41, 5.74) is -0.221. The van der Waals surface area contributed by atoms with Crippen molar-refractivity contribution in [2.45, 2.75) is 44.3 Å². The van der Waals surface area contributed by atoms with Crippen LogP contribution in [0, 0.1) is 5.41 Å². The van der Waals surface area contributed by atoms with Crippen LogP contribution in [0.3, 0.4) is 0 Å². The molecule has 1 aromatic carbocycles. The van der Waals surface area contributed by atoms with E-state index >= 15 is 0 Å².